The fraction of sp³-hybridized carbons (Fsp3) is 0.438. The minimum Gasteiger partial charge on any atom is -0.493 e. The van der Waals surface area contributed by atoms with Crippen LogP contribution in [0.3, 0.4) is 0 Å². The molecule has 1 aromatic carbocycles. The zero-order valence-corrected chi connectivity index (χ0v) is 12.2. The fourth-order valence-electron chi connectivity index (χ4n) is 2.20. The maximum absolute atomic E-state index is 11.3. The average Bonchev–Trinajstić information content (AvgIpc) is 2.85. The first kappa shape index (κ1) is 14.4. The Morgan fingerprint density at radius 1 is 1.40 bits per heavy atom. The third kappa shape index (κ3) is 3.53. The van der Waals surface area contributed by atoms with Crippen LogP contribution in [0.25, 0.3) is 0 Å². The first-order valence-corrected chi connectivity index (χ1v) is 6.81. The number of carbonyl (C=O) groups excluding carboxylic acids is 1. The van der Waals surface area contributed by atoms with Crippen LogP contribution >= 0.6 is 0 Å². The molecule has 2 rings (SSSR count). The Labute approximate surface area is 119 Å². The van der Waals surface area contributed by atoms with Crippen molar-refractivity contribution in [2.45, 2.75) is 26.2 Å². The topological polar surface area (TPSA) is 47.6 Å². The molecule has 0 aromatic heterocycles. The number of amides is 1. The minimum absolute atomic E-state index is 0.109. The summed E-state index contributed by atoms with van der Waals surface area (Å²) < 4.78 is 11.1. The SMILES string of the molecule is COc1ccc(C2CNC(=O)C2)cc1OCC=C(C)C. The molecule has 0 spiro atoms. The Balaban J connectivity index is 2.15. The monoisotopic (exact) mass is 275 g/mol. The lowest BCUT2D eigenvalue weighted by atomic mass is 9.98. The van der Waals surface area contributed by atoms with Crippen LogP contribution in [0, 0.1) is 0 Å². The summed E-state index contributed by atoms with van der Waals surface area (Å²) in [5.41, 5.74) is 2.32. The maximum Gasteiger partial charge on any atom is 0.220 e. The van der Waals surface area contributed by atoms with Crippen molar-refractivity contribution < 1.29 is 14.3 Å². The van der Waals surface area contributed by atoms with Crippen LogP contribution in [0.15, 0.2) is 29.8 Å². The summed E-state index contributed by atoms with van der Waals surface area (Å²) >= 11 is 0. The number of methoxy groups -OCH3 is 1. The molecule has 0 aliphatic carbocycles. The summed E-state index contributed by atoms with van der Waals surface area (Å²) in [6.45, 7) is 5.28. The molecule has 1 heterocycles. The molecule has 1 unspecified atom stereocenters. The molecule has 1 amide bonds. The third-order valence-corrected chi connectivity index (χ3v) is 3.37. The zero-order valence-electron chi connectivity index (χ0n) is 12.2. The van der Waals surface area contributed by atoms with Crippen molar-refractivity contribution in [2.75, 3.05) is 20.3 Å². The number of rotatable bonds is 5. The first-order valence-electron chi connectivity index (χ1n) is 6.81. The van der Waals surface area contributed by atoms with Gasteiger partial charge in [0.15, 0.2) is 11.5 Å². The van der Waals surface area contributed by atoms with Gasteiger partial charge in [-0.2, -0.15) is 0 Å². The highest BCUT2D eigenvalue weighted by molar-refractivity contribution is 5.79. The zero-order chi connectivity index (χ0) is 14.5. The van der Waals surface area contributed by atoms with E-state index in [0.29, 0.717) is 25.3 Å². The Bertz CT molecular complexity index is 518. The van der Waals surface area contributed by atoms with Gasteiger partial charge in [-0.3, -0.25) is 4.79 Å². The van der Waals surface area contributed by atoms with E-state index >= 15 is 0 Å². The van der Waals surface area contributed by atoms with Crippen molar-refractivity contribution in [1.29, 1.82) is 0 Å². The summed E-state index contributed by atoms with van der Waals surface area (Å²) in [4.78, 5) is 11.3. The average molecular weight is 275 g/mol. The Morgan fingerprint density at radius 2 is 2.20 bits per heavy atom. The molecule has 1 atom stereocenters. The van der Waals surface area contributed by atoms with Gasteiger partial charge in [0.1, 0.15) is 6.61 Å². The lowest BCUT2D eigenvalue weighted by molar-refractivity contribution is -0.119. The van der Waals surface area contributed by atoms with E-state index in [1.807, 2.05) is 38.1 Å². The molecule has 0 bridgehead atoms. The molecule has 1 saturated heterocycles. The highest BCUT2D eigenvalue weighted by Gasteiger charge is 2.23. The quantitative estimate of drug-likeness (QED) is 0.840. The van der Waals surface area contributed by atoms with Crippen LogP contribution < -0.4 is 14.8 Å². The molecular formula is C16H21NO3. The van der Waals surface area contributed by atoms with Crippen LogP contribution in [0.1, 0.15) is 31.7 Å². The summed E-state index contributed by atoms with van der Waals surface area (Å²) in [5.74, 6) is 1.77. The van der Waals surface area contributed by atoms with E-state index < -0.39 is 0 Å². The number of benzene rings is 1. The molecule has 0 saturated carbocycles. The Hall–Kier alpha value is -1.97. The van der Waals surface area contributed by atoms with Crippen molar-refractivity contribution in [1.82, 2.24) is 5.32 Å². The third-order valence-electron chi connectivity index (χ3n) is 3.37. The van der Waals surface area contributed by atoms with Crippen LogP contribution in [-0.2, 0) is 4.79 Å². The second kappa shape index (κ2) is 6.46. The van der Waals surface area contributed by atoms with Gasteiger partial charge < -0.3 is 14.8 Å². The second-order valence-corrected chi connectivity index (χ2v) is 5.21. The highest BCUT2D eigenvalue weighted by Crippen LogP contribution is 2.33. The number of nitrogens with one attached hydrogen (secondary N) is 1. The number of hydrogen-bond acceptors (Lipinski definition) is 3. The lowest BCUT2D eigenvalue weighted by Crippen LogP contribution is -2.13. The smallest absolute Gasteiger partial charge is 0.220 e. The largest absolute Gasteiger partial charge is 0.493 e. The Morgan fingerprint density at radius 3 is 2.80 bits per heavy atom. The van der Waals surface area contributed by atoms with Crippen molar-refractivity contribution >= 4 is 5.91 Å². The molecule has 108 valence electrons. The van der Waals surface area contributed by atoms with Gasteiger partial charge in [-0.15, -0.1) is 0 Å². The van der Waals surface area contributed by atoms with Crippen molar-refractivity contribution in [3.8, 4) is 11.5 Å². The molecule has 0 radical (unpaired) electrons. The summed E-state index contributed by atoms with van der Waals surface area (Å²) in [6.07, 6.45) is 2.56. The van der Waals surface area contributed by atoms with Crippen LogP contribution in [0.5, 0.6) is 11.5 Å². The molecular weight excluding hydrogens is 254 g/mol. The highest BCUT2D eigenvalue weighted by atomic mass is 16.5. The minimum atomic E-state index is 0.109. The predicted octanol–water partition coefficient (Wildman–Crippen LogP) is 2.64. The van der Waals surface area contributed by atoms with E-state index in [-0.39, 0.29) is 11.8 Å². The van der Waals surface area contributed by atoms with Crippen molar-refractivity contribution in [3.63, 3.8) is 0 Å². The molecule has 1 aromatic rings. The van der Waals surface area contributed by atoms with Gasteiger partial charge in [-0.05, 0) is 37.6 Å². The van der Waals surface area contributed by atoms with Crippen LogP contribution in [0.2, 0.25) is 0 Å². The summed E-state index contributed by atoms with van der Waals surface area (Å²) in [5, 5.41) is 2.85. The fourth-order valence-corrected chi connectivity index (χ4v) is 2.20. The van der Waals surface area contributed by atoms with Gasteiger partial charge >= 0.3 is 0 Å². The van der Waals surface area contributed by atoms with Gasteiger partial charge in [0, 0.05) is 18.9 Å². The number of hydrogen-bond donors (Lipinski definition) is 1. The Kier molecular flexibility index (Phi) is 4.66. The van der Waals surface area contributed by atoms with Crippen LogP contribution in [0.4, 0.5) is 0 Å². The number of allylic oxidation sites excluding steroid dienone is 1. The van der Waals surface area contributed by atoms with E-state index in [1.54, 1.807) is 7.11 Å². The van der Waals surface area contributed by atoms with Gasteiger partial charge in [-0.25, -0.2) is 0 Å². The molecule has 1 aliphatic rings. The van der Waals surface area contributed by atoms with Gasteiger partial charge in [0.05, 0.1) is 7.11 Å². The summed E-state index contributed by atoms with van der Waals surface area (Å²) in [6, 6.07) is 5.87. The second-order valence-electron chi connectivity index (χ2n) is 5.21. The van der Waals surface area contributed by atoms with E-state index in [9.17, 15) is 4.79 Å². The van der Waals surface area contributed by atoms with Gasteiger partial charge in [-0.1, -0.05) is 11.6 Å². The summed E-state index contributed by atoms with van der Waals surface area (Å²) in [7, 11) is 1.63. The van der Waals surface area contributed by atoms with E-state index in [1.165, 1.54) is 5.57 Å². The molecule has 1 fully saturated rings. The normalized spacial score (nSPS) is 17.6. The number of carbonyl (C=O) groups is 1. The van der Waals surface area contributed by atoms with Gasteiger partial charge in [0.25, 0.3) is 0 Å². The first-order chi connectivity index (χ1) is 9.60. The van der Waals surface area contributed by atoms with E-state index in [0.717, 1.165) is 11.3 Å². The van der Waals surface area contributed by atoms with Gasteiger partial charge in [0.2, 0.25) is 5.91 Å². The van der Waals surface area contributed by atoms with E-state index in [4.69, 9.17) is 9.47 Å². The predicted molar refractivity (Wildman–Crippen MR) is 78.3 cm³/mol. The molecule has 20 heavy (non-hydrogen) atoms. The lowest BCUT2D eigenvalue weighted by Gasteiger charge is -2.14. The van der Waals surface area contributed by atoms with Crippen molar-refractivity contribution in [2.24, 2.45) is 0 Å². The molecule has 4 nitrogen and oxygen atoms in total. The molecule has 1 N–H and O–H groups in total. The van der Waals surface area contributed by atoms with E-state index in [2.05, 4.69) is 5.32 Å². The maximum atomic E-state index is 11.3. The van der Waals surface area contributed by atoms with Crippen LogP contribution in [-0.4, -0.2) is 26.2 Å². The standard InChI is InChI=1S/C16H21NO3/c1-11(2)6-7-20-15-8-12(4-5-14(15)19-3)13-9-16(18)17-10-13/h4-6,8,13H,7,9-10H2,1-3H3,(H,17,18). The molecule has 1 aliphatic heterocycles. The molecule has 4 heteroatoms. The number of ether oxygens (including phenoxy) is 2. The van der Waals surface area contributed by atoms with Crippen molar-refractivity contribution in [3.05, 3.63) is 35.4 Å².